The largest absolute Gasteiger partial charge is 0.481 e. The van der Waals surface area contributed by atoms with Crippen LogP contribution in [0, 0.1) is 0 Å². The maximum atomic E-state index is 11.8. The minimum Gasteiger partial charge on any atom is -0.481 e. The van der Waals surface area contributed by atoms with E-state index in [9.17, 15) is 19.2 Å². The van der Waals surface area contributed by atoms with Crippen molar-refractivity contribution in [2.75, 3.05) is 13.2 Å². The number of aromatic carboxylic acids is 1. The second-order valence-electron chi connectivity index (χ2n) is 5.90. The standard InChI is InChI=1S/C19H24O8/c20-16(21)9-4-2-1-3-5-10-17(22)26-11-12-27-19(25)15-8-6-7-14(13-15)18(23)24/h6-8,13H,1-5,9-12H2,(H,20,21)(H,23,24). The van der Waals surface area contributed by atoms with Crippen molar-refractivity contribution in [2.24, 2.45) is 0 Å². The second kappa shape index (κ2) is 12.5. The molecule has 1 aromatic carbocycles. The van der Waals surface area contributed by atoms with Gasteiger partial charge < -0.3 is 19.7 Å². The lowest BCUT2D eigenvalue weighted by Crippen LogP contribution is -2.14. The zero-order valence-electron chi connectivity index (χ0n) is 15.0. The summed E-state index contributed by atoms with van der Waals surface area (Å²) in [6.07, 6.45) is 4.24. The number of hydrogen-bond donors (Lipinski definition) is 2. The van der Waals surface area contributed by atoms with Crippen molar-refractivity contribution in [3.05, 3.63) is 35.4 Å². The van der Waals surface area contributed by atoms with Crippen LogP contribution in [0.4, 0.5) is 0 Å². The predicted molar refractivity (Wildman–Crippen MR) is 94.6 cm³/mol. The first-order chi connectivity index (χ1) is 12.9. The van der Waals surface area contributed by atoms with Crippen LogP contribution in [-0.4, -0.2) is 47.3 Å². The van der Waals surface area contributed by atoms with Gasteiger partial charge in [-0.05, 0) is 31.0 Å². The smallest absolute Gasteiger partial charge is 0.338 e. The topological polar surface area (TPSA) is 127 Å². The molecule has 0 aromatic heterocycles. The van der Waals surface area contributed by atoms with Gasteiger partial charge in [-0.1, -0.05) is 25.3 Å². The second-order valence-corrected chi connectivity index (χ2v) is 5.90. The molecule has 0 aliphatic heterocycles. The number of carbonyl (C=O) groups excluding carboxylic acids is 2. The van der Waals surface area contributed by atoms with Crippen LogP contribution in [0.1, 0.15) is 65.7 Å². The molecule has 27 heavy (non-hydrogen) atoms. The van der Waals surface area contributed by atoms with Crippen LogP contribution in [0.5, 0.6) is 0 Å². The van der Waals surface area contributed by atoms with Gasteiger partial charge in [-0.25, -0.2) is 9.59 Å². The van der Waals surface area contributed by atoms with E-state index >= 15 is 0 Å². The summed E-state index contributed by atoms with van der Waals surface area (Å²) in [5.74, 6) is -3.01. The summed E-state index contributed by atoms with van der Waals surface area (Å²) < 4.78 is 9.91. The predicted octanol–water partition coefficient (Wildman–Crippen LogP) is 2.90. The highest BCUT2D eigenvalue weighted by atomic mass is 16.6. The van der Waals surface area contributed by atoms with Crippen molar-refractivity contribution >= 4 is 23.9 Å². The Balaban J connectivity index is 2.11. The molecule has 0 bridgehead atoms. The highest BCUT2D eigenvalue weighted by Gasteiger charge is 2.11. The summed E-state index contributed by atoms with van der Waals surface area (Å²) in [4.78, 5) is 44.6. The number of aliphatic carboxylic acids is 1. The molecule has 2 N–H and O–H groups in total. The van der Waals surface area contributed by atoms with Crippen LogP contribution in [0.15, 0.2) is 24.3 Å². The lowest BCUT2D eigenvalue weighted by molar-refractivity contribution is -0.144. The fourth-order valence-corrected chi connectivity index (χ4v) is 2.30. The zero-order chi connectivity index (χ0) is 20.1. The Morgan fingerprint density at radius 3 is 2.04 bits per heavy atom. The van der Waals surface area contributed by atoms with Crippen molar-refractivity contribution in [2.45, 2.75) is 44.9 Å². The van der Waals surface area contributed by atoms with Gasteiger partial charge in [0.05, 0.1) is 11.1 Å². The Hall–Kier alpha value is -2.90. The molecule has 1 aromatic rings. The number of ether oxygens (including phenoxy) is 2. The molecule has 0 unspecified atom stereocenters. The van der Waals surface area contributed by atoms with Crippen LogP contribution in [0.3, 0.4) is 0 Å². The van der Waals surface area contributed by atoms with Gasteiger partial charge in [-0.15, -0.1) is 0 Å². The number of rotatable bonds is 13. The van der Waals surface area contributed by atoms with Gasteiger partial charge in [-0.3, -0.25) is 9.59 Å². The van der Waals surface area contributed by atoms with Crippen molar-refractivity contribution in [3.8, 4) is 0 Å². The molecule has 0 spiro atoms. The number of unbranched alkanes of at least 4 members (excludes halogenated alkanes) is 4. The first kappa shape index (κ1) is 22.1. The Kier molecular flexibility index (Phi) is 10.2. The molecule has 0 saturated heterocycles. The lowest BCUT2D eigenvalue weighted by Gasteiger charge is -2.07. The molecule has 0 heterocycles. The van der Waals surface area contributed by atoms with Gasteiger partial charge in [0, 0.05) is 12.8 Å². The average Bonchev–Trinajstić information content (AvgIpc) is 2.64. The maximum absolute atomic E-state index is 11.8. The molecule has 8 nitrogen and oxygen atoms in total. The van der Waals surface area contributed by atoms with E-state index in [4.69, 9.17) is 19.7 Å². The first-order valence-electron chi connectivity index (χ1n) is 8.78. The third-order valence-corrected chi connectivity index (χ3v) is 3.70. The molecule has 0 saturated carbocycles. The summed E-state index contributed by atoms with van der Waals surface area (Å²) in [6.45, 7) is -0.182. The van der Waals surface area contributed by atoms with Gasteiger partial charge in [-0.2, -0.15) is 0 Å². The molecule has 0 aliphatic rings. The van der Waals surface area contributed by atoms with Crippen LogP contribution >= 0.6 is 0 Å². The Morgan fingerprint density at radius 2 is 1.37 bits per heavy atom. The highest BCUT2D eigenvalue weighted by Crippen LogP contribution is 2.09. The summed E-state index contributed by atoms with van der Waals surface area (Å²) in [5.41, 5.74) is 0.1000. The molecule has 0 atom stereocenters. The molecule has 148 valence electrons. The van der Waals surface area contributed by atoms with Crippen LogP contribution in [0.2, 0.25) is 0 Å². The quantitative estimate of drug-likeness (QED) is 0.395. The fraction of sp³-hybridized carbons (Fsp3) is 0.474. The third-order valence-electron chi connectivity index (χ3n) is 3.70. The average molecular weight is 380 g/mol. The number of carboxylic acid groups (broad SMARTS) is 2. The molecule has 0 amide bonds. The van der Waals surface area contributed by atoms with E-state index in [0.29, 0.717) is 12.8 Å². The molecule has 1 rings (SSSR count). The van der Waals surface area contributed by atoms with Gasteiger partial charge in [0.2, 0.25) is 0 Å². The van der Waals surface area contributed by atoms with E-state index in [1.165, 1.54) is 24.3 Å². The maximum Gasteiger partial charge on any atom is 0.338 e. The Labute approximate surface area is 157 Å². The molecule has 8 heteroatoms. The molecule has 0 radical (unpaired) electrons. The van der Waals surface area contributed by atoms with E-state index in [0.717, 1.165) is 19.3 Å². The zero-order valence-corrected chi connectivity index (χ0v) is 15.0. The van der Waals surface area contributed by atoms with Crippen molar-refractivity contribution < 1.29 is 38.9 Å². The van der Waals surface area contributed by atoms with E-state index in [2.05, 4.69) is 0 Å². The van der Waals surface area contributed by atoms with E-state index < -0.39 is 17.9 Å². The number of esters is 2. The van der Waals surface area contributed by atoms with Crippen molar-refractivity contribution in [1.82, 2.24) is 0 Å². The summed E-state index contributed by atoms with van der Waals surface area (Å²) >= 11 is 0. The van der Waals surface area contributed by atoms with Gasteiger partial charge >= 0.3 is 23.9 Å². The number of carbonyl (C=O) groups is 4. The van der Waals surface area contributed by atoms with Crippen molar-refractivity contribution in [1.29, 1.82) is 0 Å². The molecular weight excluding hydrogens is 356 g/mol. The lowest BCUT2D eigenvalue weighted by atomic mass is 10.1. The van der Waals surface area contributed by atoms with E-state index in [1.54, 1.807) is 0 Å². The van der Waals surface area contributed by atoms with E-state index in [1.807, 2.05) is 0 Å². The molecule has 0 aliphatic carbocycles. The summed E-state index contributed by atoms with van der Waals surface area (Å²) in [5, 5.41) is 17.4. The van der Waals surface area contributed by atoms with Gasteiger partial charge in [0.25, 0.3) is 0 Å². The normalized spacial score (nSPS) is 10.2. The number of carboxylic acids is 2. The fourth-order valence-electron chi connectivity index (χ4n) is 2.30. The minimum atomic E-state index is -1.14. The summed E-state index contributed by atoms with van der Waals surface area (Å²) in [6, 6.07) is 5.47. The van der Waals surface area contributed by atoms with Gasteiger partial charge in [0.15, 0.2) is 0 Å². The Bertz CT molecular complexity index is 653. The van der Waals surface area contributed by atoms with E-state index in [-0.39, 0.29) is 43.2 Å². The van der Waals surface area contributed by atoms with Gasteiger partial charge in [0.1, 0.15) is 13.2 Å². The SMILES string of the molecule is O=C(O)CCCCCCCC(=O)OCCOC(=O)c1cccc(C(=O)O)c1. The highest BCUT2D eigenvalue weighted by molar-refractivity contribution is 5.94. The first-order valence-corrected chi connectivity index (χ1v) is 8.78. The molecular formula is C19H24O8. The number of hydrogen-bond acceptors (Lipinski definition) is 6. The summed E-state index contributed by atoms with van der Waals surface area (Å²) in [7, 11) is 0. The minimum absolute atomic E-state index is 0.0150. The van der Waals surface area contributed by atoms with Crippen LogP contribution in [0.25, 0.3) is 0 Å². The molecule has 0 fully saturated rings. The Morgan fingerprint density at radius 1 is 0.778 bits per heavy atom. The van der Waals surface area contributed by atoms with Crippen molar-refractivity contribution in [3.63, 3.8) is 0 Å². The van der Waals surface area contributed by atoms with Crippen LogP contribution in [-0.2, 0) is 19.1 Å². The van der Waals surface area contributed by atoms with Crippen LogP contribution < -0.4 is 0 Å². The third kappa shape index (κ3) is 9.98. The monoisotopic (exact) mass is 380 g/mol. The number of benzene rings is 1.